The standard InChI is InChI=1S/C10H6BrNO5S/c11-7-2-1-5(17-7)3-6-9(15)12(4-8(13)14)10(16)18-6/h1-3H,4H2,(H,13,14). The lowest BCUT2D eigenvalue weighted by molar-refractivity contribution is -0.140. The van der Waals surface area contributed by atoms with Crippen molar-refractivity contribution in [3.8, 4) is 0 Å². The van der Waals surface area contributed by atoms with Crippen molar-refractivity contribution in [2.45, 2.75) is 0 Å². The maximum absolute atomic E-state index is 11.8. The number of amides is 2. The Morgan fingerprint density at radius 2 is 2.22 bits per heavy atom. The van der Waals surface area contributed by atoms with Crippen LogP contribution in [0.25, 0.3) is 6.08 Å². The van der Waals surface area contributed by atoms with Gasteiger partial charge in [-0.05, 0) is 39.8 Å². The van der Waals surface area contributed by atoms with E-state index in [1.807, 2.05) is 0 Å². The van der Waals surface area contributed by atoms with Crippen molar-refractivity contribution >= 4 is 50.9 Å². The predicted octanol–water partition coefficient (Wildman–Crippen LogP) is 2.16. The van der Waals surface area contributed by atoms with E-state index in [4.69, 9.17) is 9.52 Å². The molecular weight excluding hydrogens is 326 g/mol. The van der Waals surface area contributed by atoms with Crippen LogP contribution in [0.4, 0.5) is 4.79 Å². The Kier molecular flexibility index (Phi) is 3.58. The highest BCUT2D eigenvalue weighted by Gasteiger charge is 2.36. The largest absolute Gasteiger partial charge is 0.480 e. The van der Waals surface area contributed by atoms with Crippen LogP contribution >= 0.6 is 27.7 Å². The molecule has 2 amide bonds. The molecule has 6 nitrogen and oxygen atoms in total. The zero-order chi connectivity index (χ0) is 13.3. The number of halogens is 1. The fourth-order valence-electron chi connectivity index (χ4n) is 1.31. The Labute approximate surface area is 114 Å². The van der Waals surface area contributed by atoms with Gasteiger partial charge in [-0.15, -0.1) is 0 Å². The molecule has 1 aliphatic heterocycles. The molecule has 1 aromatic heterocycles. The molecule has 2 heterocycles. The van der Waals surface area contributed by atoms with Crippen LogP contribution in [-0.4, -0.2) is 33.7 Å². The first-order valence-electron chi connectivity index (χ1n) is 4.70. The van der Waals surface area contributed by atoms with Crippen molar-refractivity contribution in [2.75, 3.05) is 6.54 Å². The lowest BCUT2D eigenvalue weighted by atomic mass is 10.3. The quantitative estimate of drug-likeness (QED) is 0.854. The average molecular weight is 332 g/mol. The number of hydrogen-bond acceptors (Lipinski definition) is 5. The third-order valence-electron chi connectivity index (χ3n) is 2.03. The number of imide groups is 1. The fourth-order valence-corrected chi connectivity index (χ4v) is 2.44. The number of rotatable bonds is 3. The molecule has 1 aliphatic rings. The van der Waals surface area contributed by atoms with Gasteiger partial charge in [0.15, 0.2) is 4.67 Å². The van der Waals surface area contributed by atoms with E-state index in [1.54, 1.807) is 12.1 Å². The molecule has 0 spiro atoms. The van der Waals surface area contributed by atoms with Gasteiger partial charge in [0, 0.05) is 6.08 Å². The molecule has 94 valence electrons. The van der Waals surface area contributed by atoms with Gasteiger partial charge in [-0.3, -0.25) is 19.3 Å². The first-order valence-corrected chi connectivity index (χ1v) is 6.31. The Bertz CT molecular complexity index is 564. The smallest absolute Gasteiger partial charge is 0.323 e. The normalized spacial score (nSPS) is 17.8. The summed E-state index contributed by atoms with van der Waals surface area (Å²) in [7, 11) is 0. The second-order valence-corrected chi connectivity index (χ2v) is 5.08. The summed E-state index contributed by atoms with van der Waals surface area (Å²) < 4.78 is 5.67. The zero-order valence-electron chi connectivity index (χ0n) is 8.75. The first-order chi connectivity index (χ1) is 8.47. The highest BCUT2D eigenvalue weighted by atomic mass is 79.9. The van der Waals surface area contributed by atoms with E-state index in [1.165, 1.54) is 6.08 Å². The van der Waals surface area contributed by atoms with Crippen molar-refractivity contribution in [1.29, 1.82) is 0 Å². The molecule has 1 saturated heterocycles. The average Bonchev–Trinajstić information content (AvgIpc) is 2.78. The Hall–Kier alpha value is -1.54. The molecular formula is C10H6BrNO5S. The lowest BCUT2D eigenvalue weighted by Gasteiger charge is -2.07. The van der Waals surface area contributed by atoms with Gasteiger partial charge in [0.1, 0.15) is 12.3 Å². The first kappa shape index (κ1) is 12.9. The third-order valence-corrected chi connectivity index (χ3v) is 3.37. The van der Waals surface area contributed by atoms with E-state index in [-0.39, 0.29) is 4.91 Å². The summed E-state index contributed by atoms with van der Waals surface area (Å²) in [6.07, 6.45) is 1.40. The molecule has 2 rings (SSSR count). The van der Waals surface area contributed by atoms with Crippen LogP contribution in [-0.2, 0) is 9.59 Å². The molecule has 0 saturated carbocycles. The van der Waals surface area contributed by atoms with Gasteiger partial charge in [0.05, 0.1) is 4.91 Å². The summed E-state index contributed by atoms with van der Waals surface area (Å²) in [6, 6.07) is 3.27. The second kappa shape index (κ2) is 4.99. The topological polar surface area (TPSA) is 87.8 Å². The number of hydrogen-bond donors (Lipinski definition) is 1. The summed E-state index contributed by atoms with van der Waals surface area (Å²) in [4.78, 5) is 34.5. The van der Waals surface area contributed by atoms with Gasteiger partial charge in [0.2, 0.25) is 0 Å². The SMILES string of the molecule is O=C(O)CN1C(=O)SC(=Cc2ccc(Br)o2)C1=O. The molecule has 1 aromatic rings. The number of carbonyl (C=O) groups excluding carboxylic acids is 2. The number of carboxylic acid groups (broad SMARTS) is 1. The van der Waals surface area contributed by atoms with Crippen molar-refractivity contribution in [3.05, 3.63) is 27.5 Å². The minimum atomic E-state index is -1.24. The Balaban J connectivity index is 2.22. The van der Waals surface area contributed by atoms with E-state index >= 15 is 0 Å². The summed E-state index contributed by atoms with van der Waals surface area (Å²) in [6.45, 7) is -0.635. The maximum atomic E-state index is 11.8. The van der Waals surface area contributed by atoms with Crippen LogP contribution in [0.1, 0.15) is 5.76 Å². The molecule has 8 heteroatoms. The number of furan rings is 1. The molecule has 0 aromatic carbocycles. The zero-order valence-corrected chi connectivity index (χ0v) is 11.2. The fraction of sp³-hybridized carbons (Fsp3) is 0.100. The number of aliphatic carboxylic acids is 1. The third kappa shape index (κ3) is 2.65. The number of thioether (sulfide) groups is 1. The van der Waals surface area contributed by atoms with E-state index in [2.05, 4.69) is 15.9 Å². The summed E-state index contributed by atoms with van der Waals surface area (Å²) in [5, 5.41) is 7.99. The van der Waals surface area contributed by atoms with Crippen molar-refractivity contribution in [1.82, 2.24) is 4.90 Å². The molecule has 0 bridgehead atoms. The Morgan fingerprint density at radius 3 is 2.78 bits per heavy atom. The molecule has 1 fully saturated rings. The van der Waals surface area contributed by atoms with E-state index in [0.717, 1.165) is 0 Å². The van der Waals surface area contributed by atoms with Gasteiger partial charge in [0.25, 0.3) is 11.1 Å². The Morgan fingerprint density at radius 1 is 1.50 bits per heavy atom. The molecule has 18 heavy (non-hydrogen) atoms. The molecule has 0 unspecified atom stereocenters. The highest BCUT2D eigenvalue weighted by molar-refractivity contribution is 9.10. The van der Waals surface area contributed by atoms with Gasteiger partial charge in [-0.1, -0.05) is 0 Å². The van der Waals surface area contributed by atoms with E-state index < -0.39 is 23.7 Å². The summed E-state index contributed by atoms with van der Waals surface area (Å²) in [5.74, 6) is -1.46. The van der Waals surface area contributed by atoms with Crippen molar-refractivity contribution < 1.29 is 23.9 Å². The minimum Gasteiger partial charge on any atom is -0.480 e. The number of carboxylic acids is 1. The van der Waals surface area contributed by atoms with Crippen LogP contribution in [0.3, 0.4) is 0 Å². The monoisotopic (exact) mass is 331 g/mol. The van der Waals surface area contributed by atoms with Crippen LogP contribution in [0.15, 0.2) is 26.1 Å². The van der Waals surface area contributed by atoms with E-state index in [0.29, 0.717) is 27.1 Å². The number of nitrogens with zero attached hydrogens (tertiary/aromatic N) is 1. The predicted molar refractivity (Wildman–Crippen MR) is 66.7 cm³/mol. The van der Waals surface area contributed by atoms with Gasteiger partial charge in [-0.25, -0.2) is 0 Å². The van der Waals surface area contributed by atoms with Crippen LogP contribution in [0.5, 0.6) is 0 Å². The van der Waals surface area contributed by atoms with Crippen LogP contribution < -0.4 is 0 Å². The summed E-state index contributed by atoms with van der Waals surface area (Å²) >= 11 is 3.80. The molecule has 0 radical (unpaired) electrons. The molecule has 0 atom stereocenters. The number of carbonyl (C=O) groups is 3. The summed E-state index contributed by atoms with van der Waals surface area (Å²) in [5.41, 5.74) is 0. The van der Waals surface area contributed by atoms with Crippen LogP contribution in [0.2, 0.25) is 0 Å². The second-order valence-electron chi connectivity index (χ2n) is 3.30. The highest BCUT2D eigenvalue weighted by Crippen LogP contribution is 2.32. The van der Waals surface area contributed by atoms with E-state index in [9.17, 15) is 14.4 Å². The van der Waals surface area contributed by atoms with Crippen molar-refractivity contribution in [3.63, 3.8) is 0 Å². The minimum absolute atomic E-state index is 0.142. The van der Waals surface area contributed by atoms with Gasteiger partial charge >= 0.3 is 5.97 Å². The lowest BCUT2D eigenvalue weighted by Crippen LogP contribution is -2.33. The van der Waals surface area contributed by atoms with Crippen molar-refractivity contribution in [2.24, 2.45) is 0 Å². The maximum Gasteiger partial charge on any atom is 0.323 e. The van der Waals surface area contributed by atoms with Gasteiger partial charge < -0.3 is 9.52 Å². The van der Waals surface area contributed by atoms with Crippen LogP contribution in [0, 0.1) is 0 Å². The molecule has 0 aliphatic carbocycles. The van der Waals surface area contributed by atoms with Gasteiger partial charge in [-0.2, -0.15) is 0 Å². The molecule has 1 N–H and O–H groups in total.